The molecule has 0 aliphatic carbocycles. The van der Waals surface area contributed by atoms with Crippen LogP contribution in [0.2, 0.25) is 0 Å². The zero-order valence-electron chi connectivity index (χ0n) is 11.9. The summed E-state index contributed by atoms with van der Waals surface area (Å²) in [4.78, 5) is 3.88. The highest BCUT2D eigenvalue weighted by molar-refractivity contribution is 7.91. The van der Waals surface area contributed by atoms with E-state index in [1.54, 1.807) is 18.3 Å². The fourth-order valence-electron chi connectivity index (χ4n) is 1.88. The number of nitrogens with zero attached hydrogens (tertiary/aromatic N) is 1. The van der Waals surface area contributed by atoms with E-state index < -0.39 is 10.0 Å². The van der Waals surface area contributed by atoms with Crippen molar-refractivity contribution < 1.29 is 8.42 Å². The van der Waals surface area contributed by atoms with Crippen molar-refractivity contribution in [3.05, 3.63) is 59.9 Å². The molecule has 5 nitrogen and oxygen atoms in total. The van der Waals surface area contributed by atoms with E-state index in [0.29, 0.717) is 5.69 Å². The summed E-state index contributed by atoms with van der Waals surface area (Å²) in [5.74, 6) is -0.0522. The van der Waals surface area contributed by atoms with E-state index in [1.807, 2.05) is 31.2 Å². The van der Waals surface area contributed by atoms with E-state index in [2.05, 4.69) is 15.0 Å². The first-order valence-corrected chi connectivity index (χ1v) is 8.43. The predicted molar refractivity (Wildman–Crippen MR) is 84.3 cm³/mol. The van der Waals surface area contributed by atoms with Crippen molar-refractivity contribution in [1.29, 1.82) is 0 Å². The summed E-state index contributed by atoms with van der Waals surface area (Å²) in [6, 6.07) is 10.9. The number of rotatable bonds is 7. The summed E-state index contributed by atoms with van der Waals surface area (Å²) < 4.78 is 26.7. The number of anilines is 1. The lowest BCUT2D eigenvalue weighted by atomic mass is 10.1. The Kier molecular flexibility index (Phi) is 5.30. The minimum Gasteiger partial charge on any atom is -0.313 e. The van der Waals surface area contributed by atoms with Gasteiger partial charge in [-0.2, -0.15) is 0 Å². The fraction of sp³-hybridized carbons (Fsp3) is 0.267. The van der Waals surface area contributed by atoms with Gasteiger partial charge in [0.1, 0.15) is 0 Å². The molecule has 1 heterocycles. The van der Waals surface area contributed by atoms with Gasteiger partial charge in [0.2, 0.25) is 10.0 Å². The van der Waals surface area contributed by atoms with Crippen LogP contribution in [0.4, 0.5) is 5.69 Å². The number of sulfonamides is 1. The Morgan fingerprint density at radius 2 is 1.81 bits per heavy atom. The number of aromatic nitrogens is 1. The predicted octanol–water partition coefficient (Wildman–Crippen LogP) is 2.13. The van der Waals surface area contributed by atoms with Crippen molar-refractivity contribution in [2.75, 3.05) is 11.3 Å². The second-order valence-electron chi connectivity index (χ2n) is 4.70. The van der Waals surface area contributed by atoms with E-state index in [4.69, 9.17) is 0 Å². The first kappa shape index (κ1) is 15.5. The zero-order valence-corrected chi connectivity index (χ0v) is 12.7. The van der Waals surface area contributed by atoms with Crippen LogP contribution in [0, 0.1) is 0 Å². The third-order valence-corrected chi connectivity index (χ3v) is 4.15. The quantitative estimate of drug-likeness (QED) is 0.822. The molecule has 0 bridgehead atoms. The third kappa shape index (κ3) is 5.17. The van der Waals surface area contributed by atoms with Gasteiger partial charge in [0, 0.05) is 12.7 Å². The van der Waals surface area contributed by atoms with Crippen LogP contribution in [0.1, 0.15) is 18.1 Å². The Balaban J connectivity index is 2.00. The van der Waals surface area contributed by atoms with Gasteiger partial charge >= 0.3 is 0 Å². The summed E-state index contributed by atoms with van der Waals surface area (Å²) in [6.07, 6.45) is 3.08. The summed E-state index contributed by atoms with van der Waals surface area (Å²) in [5, 5.41) is 3.23. The smallest absolute Gasteiger partial charge is 0.236 e. The molecule has 2 N–H and O–H groups in total. The van der Waals surface area contributed by atoms with Gasteiger partial charge in [-0.25, -0.2) is 8.42 Å². The van der Waals surface area contributed by atoms with Crippen LogP contribution in [-0.2, 0) is 22.3 Å². The van der Waals surface area contributed by atoms with Crippen molar-refractivity contribution in [3.63, 3.8) is 0 Å². The van der Waals surface area contributed by atoms with Crippen LogP contribution in [0.3, 0.4) is 0 Å². The van der Waals surface area contributed by atoms with E-state index in [9.17, 15) is 8.42 Å². The normalized spacial score (nSPS) is 11.3. The van der Waals surface area contributed by atoms with Crippen LogP contribution in [0.15, 0.2) is 48.8 Å². The topological polar surface area (TPSA) is 71.1 Å². The Morgan fingerprint density at radius 1 is 1.10 bits per heavy atom. The van der Waals surface area contributed by atoms with Crippen LogP contribution >= 0.6 is 0 Å². The molecule has 0 aliphatic heterocycles. The van der Waals surface area contributed by atoms with Gasteiger partial charge in [-0.05, 0) is 29.8 Å². The molecule has 112 valence electrons. The number of benzene rings is 1. The second kappa shape index (κ2) is 7.19. The minimum absolute atomic E-state index is 0.0522. The molecule has 21 heavy (non-hydrogen) atoms. The lowest BCUT2D eigenvalue weighted by Gasteiger charge is -2.08. The Hall–Kier alpha value is -1.92. The van der Waals surface area contributed by atoms with Gasteiger partial charge in [-0.1, -0.05) is 31.2 Å². The molecule has 0 fully saturated rings. The zero-order chi connectivity index (χ0) is 15.1. The van der Waals surface area contributed by atoms with E-state index >= 15 is 0 Å². The van der Waals surface area contributed by atoms with Crippen LogP contribution in [0.25, 0.3) is 0 Å². The SMILES string of the molecule is CCNCc1ccc(CS(=O)(=O)Nc2cccnc2)cc1. The molecule has 0 amide bonds. The molecule has 1 aromatic heterocycles. The molecule has 6 heteroatoms. The molecule has 1 aromatic carbocycles. The van der Waals surface area contributed by atoms with Gasteiger partial charge in [0.25, 0.3) is 0 Å². The highest BCUT2D eigenvalue weighted by Crippen LogP contribution is 2.12. The first-order chi connectivity index (χ1) is 10.1. The Labute approximate surface area is 125 Å². The maximum Gasteiger partial charge on any atom is 0.236 e. The molecule has 0 aliphatic rings. The van der Waals surface area contributed by atoms with Gasteiger partial charge in [-0.15, -0.1) is 0 Å². The van der Waals surface area contributed by atoms with E-state index in [-0.39, 0.29) is 5.75 Å². The Bertz CT molecular complexity index is 655. The fourth-order valence-corrected chi connectivity index (χ4v) is 3.06. The average Bonchev–Trinajstić information content (AvgIpc) is 2.47. The maximum atomic E-state index is 12.1. The largest absolute Gasteiger partial charge is 0.313 e. The second-order valence-corrected chi connectivity index (χ2v) is 6.42. The van der Waals surface area contributed by atoms with Crippen molar-refractivity contribution in [1.82, 2.24) is 10.3 Å². The third-order valence-electron chi connectivity index (χ3n) is 2.89. The average molecular weight is 305 g/mol. The number of hydrogen-bond acceptors (Lipinski definition) is 4. The lowest BCUT2D eigenvalue weighted by Crippen LogP contribution is -2.15. The summed E-state index contributed by atoms with van der Waals surface area (Å²) in [5.41, 5.74) is 2.37. The molecule has 0 unspecified atom stereocenters. The molecular formula is C15H19N3O2S. The summed E-state index contributed by atoms with van der Waals surface area (Å²) in [7, 11) is -3.42. The number of hydrogen-bond donors (Lipinski definition) is 2. The number of nitrogens with one attached hydrogen (secondary N) is 2. The van der Waals surface area contributed by atoms with Crippen molar-refractivity contribution >= 4 is 15.7 Å². The molecule has 0 saturated heterocycles. The van der Waals surface area contributed by atoms with Gasteiger partial charge < -0.3 is 5.32 Å². The van der Waals surface area contributed by atoms with Gasteiger partial charge in [0.05, 0.1) is 17.6 Å². The molecule has 0 atom stereocenters. The van der Waals surface area contributed by atoms with Crippen LogP contribution in [-0.4, -0.2) is 19.9 Å². The van der Waals surface area contributed by atoms with Crippen LogP contribution < -0.4 is 10.0 Å². The monoisotopic (exact) mass is 305 g/mol. The highest BCUT2D eigenvalue weighted by Gasteiger charge is 2.11. The molecule has 2 rings (SSSR count). The van der Waals surface area contributed by atoms with Crippen LogP contribution in [0.5, 0.6) is 0 Å². The van der Waals surface area contributed by atoms with Crippen molar-refractivity contribution in [3.8, 4) is 0 Å². The maximum absolute atomic E-state index is 12.1. The molecule has 2 aromatic rings. The van der Waals surface area contributed by atoms with Crippen molar-refractivity contribution in [2.45, 2.75) is 19.2 Å². The molecule has 0 saturated carbocycles. The first-order valence-electron chi connectivity index (χ1n) is 6.78. The molecule has 0 spiro atoms. The van der Waals surface area contributed by atoms with E-state index in [1.165, 1.54) is 6.20 Å². The summed E-state index contributed by atoms with van der Waals surface area (Å²) >= 11 is 0. The number of pyridine rings is 1. The standard InChI is InChI=1S/C15H19N3O2S/c1-2-16-10-13-5-7-14(8-6-13)12-21(19,20)18-15-4-3-9-17-11-15/h3-9,11,16,18H,2,10,12H2,1H3. The highest BCUT2D eigenvalue weighted by atomic mass is 32.2. The minimum atomic E-state index is -3.42. The van der Waals surface area contributed by atoms with Crippen molar-refractivity contribution in [2.24, 2.45) is 0 Å². The molecule has 0 radical (unpaired) electrons. The Morgan fingerprint density at radius 3 is 2.43 bits per heavy atom. The summed E-state index contributed by atoms with van der Waals surface area (Å²) in [6.45, 7) is 3.74. The van der Waals surface area contributed by atoms with Gasteiger partial charge in [-0.3, -0.25) is 9.71 Å². The lowest BCUT2D eigenvalue weighted by molar-refractivity contribution is 0.600. The molecular weight excluding hydrogens is 286 g/mol. The van der Waals surface area contributed by atoms with E-state index in [0.717, 1.165) is 24.2 Å². The van der Waals surface area contributed by atoms with Gasteiger partial charge in [0.15, 0.2) is 0 Å².